The van der Waals surface area contributed by atoms with Crippen LogP contribution in [-0.4, -0.2) is 52.3 Å². The molecule has 1 amide bonds. The molecular weight excluding hydrogens is 468 g/mol. The lowest BCUT2D eigenvalue weighted by molar-refractivity contribution is -0.121. The normalized spacial score (nSPS) is 19.1. The minimum Gasteiger partial charge on any atom is -0.496 e. The summed E-state index contributed by atoms with van der Waals surface area (Å²) in [5, 5.41) is 23.0. The van der Waals surface area contributed by atoms with Gasteiger partial charge >= 0.3 is 0 Å². The molecule has 3 aromatic rings. The van der Waals surface area contributed by atoms with Gasteiger partial charge < -0.3 is 20.3 Å². The number of benzene rings is 1. The van der Waals surface area contributed by atoms with Crippen molar-refractivity contribution >= 4 is 23.5 Å². The lowest BCUT2D eigenvalue weighted by Gasteiger charge is -2.35. The van der Waals surface area contributed by atoms with Crippen LogP contribution in [0.15, 0.2) is 36.5 Å². The summed E-state index contributed by atoms with van der Waals surface area (Å²) in [4.78, 5) is 24.0. The highest BCUT2D eigenvalue weighted by atomic mass is 16.5. The topological polar surface area (TPSA) is 132 Å². The van der Waals surface area contributed by atoms with Crippen LogP contribution in [0.5, 0.6) is 5.75 Å². The number of nitrogens with one attached hydrogen (secondary N) is 3. The number of carbonyl (C=O) groups is 1. The van der Waals surface area contributed by atoms with Crippen molar-refractivity contribution in [2.45, 2.75) is 62.9 Å². The summed E-state index contributed by atoms with van der Waals surface area (Å²) in [5.74, 6) is 3.32. The minimum atomic E-state index is -0.0597. The van der Waals surface area contributed by atoms with Gasteiger partial charge in [-0.25, -0.2) is 4.98 Å². The number of rotatable bonds is 9. The summed E-state index contributed by atoms with van der Waals surface area (Å²) in [7, 11) is 3.59. The maximum absolute atomic E-state index is 12.7. The fraction of sp³-hybridized carbons (Fsp3) is 0.444. The third-order valence-electron chi connectivity index (χ3n) is 7.20. The molecular formula is C27H32N8O2. The second kappa shape index (κ2) is 10.9. The molecule has 3 N–H and O–H groups in total. The number of hydrogen-bond acceptors (Lipinski definition) is 8. The first kappa shape index (κ1) is 24.6. The number of nitrogens with zero attached hydrogens (tertiary/aromatic N) is 5. The maximum Gasteiger partial charge on any atom is 0.227 e. The lowest BCUT2D eigenvalue weighted by Crippen LogP contribution is -2.43. The van der Waals surface area contributed by atoms with Crippen LogP contribution in [0.2, 0.25) is 0 Å². The molecule has 2 heterocycles. The lowest BCUT2D eigenvalue weighted by atomic mass is 9.90. The molecule has 0 bridgehead atoms. The van der Waals surface area contributed by atoms with E-state index < -0.39 is 0 Å². The van der Waals surface area contributed by atoms with Crippen molar-refractivity contribution in [1.29, 1.82) is 5.26 Å². The van der Waals surface area contributed by atoms with Crippen molar-refractivity contribution < 1.29 is 9.53 Å². The zero-order chi connectivity index (χ0) is 25.8. The highest BCUT2D eigenvalue weighted by Crippen LogP contribution is 2.39. The predicted octanol–water partition coefficient (Wildman–Crippen LogP) is 3.81. The minimum absolute atomic E-state index is 0.0597. The quantitative estimate of drug-likeness (QED) is 0.404. The Hall–Kier alpha value is -4.13. The van der Waals surface area contributed by atoms with Gasteiger partial charge in [0.05, 0.1) is 25.2 Å². The van der Waals surface area contributed by atoms with E-state index >= 15 is 0 Å². The van der Waals surface area contributed by atoms with Gasteiger partial charge in [0, 0.05) is 48.6 Å². The fourth-order valence-corrected chi connectivity index (χ4v) is 4.93. The molecule has 10 nitrogen and oxygen atoms in total. The van der Waals surface area contributed by atoms with Crippen LogP contribution in [0.3, 0.4) is 0 Å². The number of amides is 1. The highest BCUT2D eigenvalue weighted by molar-refractivity contribution is 5.79. The molecule has 2 saturated carbocycles. The third-order valence-corrected chi connectivity index (χ3v) is 7.20. The van der Waals surface area contributed by atoms with E-state index in [1.807, 2.05) is 13.1 Å². The number of anilines is 3. The van der Waals surface area contributed by atoms with Gasteiger partial charge in [-0.1, -0.05) is 0 Å². The Labute approximate surface area is 216 Å². The first-order valence-electron chi connectivity index (χ1n) is 12.8. The zero-order valence-electron chi connectivity index (χ0n) is 21.2. The van der Waals surface area contributed by atoms with Gasteiger partial charge in [-0.3, -0.25) is 9.89 Å². The van der Waals surface area contributed by atoms with E-state index in [0.29, 0.717) is 35.0 Å². The smallest absolute Gasteiger partial charge is 0.227 e. The number of hydrogen-bond donors (Lipinski definition) is 3. The van der Waals surface area contributed by atoms with Crippen LogP contribution >= 0.6 is 0 Å². The molecule has 1 aromatic carbocycles. The van der Waals surface area contributed by atoms with Crippen molar-refractivity contribution in [3.05, 3.63) is 53.3 Å². The molecule has 2 fully saturated rings. The monoisotopic (exact) mass is 500 g/mol. The second-order valence-corrected chi connectivity index (χ2v) is 9.85. The molecule has 10 heteroatoms. The number of methoxy groups -OCH3 is 1. The summed E-state index contributed by atoms with van der Waals surface area (Å²) >= 11 is 0. The van der Waals surface area contributed by atoms with Crippen molar-refractivity contribution in [3.8, 4) is 11.8 Å². The SMILES string of the molecule is COc1ccc(C#N)cc1CC(=O)NC1CCC(N(C)c2nccc(Nc3cc(C4CC4)[nH]n3)n2)CC1. The van der Waals surface area contributed by atoms with Crippen LogP contribution in [-0.2, 0) is 11.2 Å². The van der Waals surface area contributed by atoms with Gasteiger partial charge in [-0.15, -0.1) is 0 Å². The van der Waals surface area contributed by atoms with Crippen molar-refractivity contribution in [2.75, 3.05) is 24.4 Å². The number of carbonyl (C=O) groups excluding carboxylic acids is 1. The molecule has 0 aliphatic heterocycles. The summed E-state index contributed by atoms with van der Waals surface area (Å²) in [6.45, 7) is 0. The predicted molar refractivity (Wildman–Crippen MR) is 140 cm³/mol. The van der Waals surface area contributed by atoms with E-state index in [0.717, 1.165) is 37.1 Å². The molecule has 0 spiro atoms. The average molecular weight is 501 g/mol. The van der Waals surface area contributed by atoms with Gasteiger partial charge in [0.2, 0.25) is 11.9 Å². The van der Waals surface area contributed by atoms with Crippen molar-refractivity contribution in [1.82, 2.24) is 25.5 Å². The van der Waals surface area contributed by atoms with E-state index in [9.17, 15) is 4.79 Å². The molecule has 2 aliphatic rings. The van der Waals surface area contributed by atoms with Crippen molar-refractivity contribution in [3.63, 3.8) is 0 Å². The fourth-order valence-electron chi connectivity index (χ4n) is 4.93. The van der Waals surface area contributed by atoms with Gasteiger partial charge in [-0.05, 0) is 62.8 Å². The third kappa shape index (κ3) is 6.00. The Bertz CT molecular complexity index is 1290. The Balaban J connectivity index is 1.13. The number of aromatic nitrogens is 4. The Kier molecular flexibility index (Phi) is 7.21. The first-order chi connectivity index (χ1) is 18.0. The number of ether oxygens (including phenoxy) is 1. The Morgan fingerprint density at radius 3 is 2.70 bits per heavy atom. The Morgan fingerprint density at radius 1 is 1.16 bits per heavy atom. The van der Waals surface area contributed by atoms with Gasteiger partial charge in [0.1, 0.15) is 11.6 Å². The molecule has 2 aliphatic carbocycles. The first-order valence-corrected chi connectivity index (χ1v) is 12.8. The standard InChI is InChI=1S/C27H32N8O2/c1-35(27-29-12-11-24(32-27)31-25-15-22(33-34-25)18-4-5-18)21-8-6-20(7-9-21)30-26(36)14-19-13-17(16-28)3-10-23(19)37-2/h3,10-13,15,18,20-21H,4-9,14H2,1-2H3,(H,30,36)(H2,29,31,32,33,34). The largest absolute Gasteiger partial charge is 0.496 e. The van der Waals surface area contributed by atoms with E-state index in [-0.39, 0.29) is 18.4 Å². The number of nitriles is 1. The van der Waals surface area contributed by atoms with Crippen LogP contribution < -0.4 is 20.3 Å². The second-order valence-electron chi connectivity index (χ2n) is 9.85. The summed E-state index contributed by atoms with van der Waals surface area (Å²) in [6.07, 6.45) is 8.01. The van der Waals surface area contributed by atoms with Gasteiger partial charge in [0.25, 0.3) is 0 Å². The van der Waals surface area contributed by atoms with E-state index in [1.165, 1.54) is 18.5 Å². The molecule has 0 radical (unpaired) electrons. The molecule has 2 aromatic heterocycles. The molecule has 0 atom stereocenters. The molecule has 5 rings (SSSR count). The number of H-pyrrole nitrogens is 1. The Morgan fingerprint density at radius 2 is 1.97 bits per heavy atom. The van der Waals surface area contributed by atoms with Gasteiger partial charge in [-0.2, -0.15) is 15.3 Å². The maximum atomic E-state index is 12.7. The van der Waals surface area contributed by atoms with E-state index in [1.54, 1.807) is 31.5 Å². The zero-order valence-corrected chi connectivity index (χ0v) is 21.2. The summed E-state index contributed by atoms with van der Waals surface area (Å²) < 4.78 is 5.36. The van der Waals surface area contributed by atoms with Crippen LogP contribution in [0.1, 0.15) is 61.3 Å². The van der Waals surface area contributed by atoms with Crippen molar-refractivity contribution in [2.24, 2.45) is 0 Å². The van der Waals surface area contributed by atoms with E-state index in [4.69, 9.17) is 15.0 Å². The molecule has 0 saturated heterocycles. The molecule has 0 unspecified atom stereocenters. The van der Waals surface area contributed by atoms with E-state index in [2.05, 4.69) is 42.9 Å². The van der Waals surface area contributed by atoms with Gasteiger partial charge in [0.15, 0.2) is 5.82 Å². The van der Waals surface area contributed by atoms with Crippen LogP contribution in [0.25, 0.3) is 0 Å². The average Bonchev–Trinajstić information content (AvgIpc) is 3.67. The molecule has 37 heavy (non-hydrogen) atoms. The highest BCUT2D eigenvalue weighted by Gasteiger charge is 2.27. The van der Waals surface area contributed by atoms with Crippen LogP contribution in [0, 0.1) is 11.3 Å². The number of aromatic amines is 1. The molecule has 192 valence electrons. The summed E-state index contributed by atoms with van der Waals surface area (Å²) in [6, 6.07) is 11.6. The summed E-state index contributed by atoms with van der Waals surface area (Å²) in [5.41, 5.74) is 2.41. The van der Waals surface area contributed by atoms with Crippen LogP contribution in [0.4, 0.5) is 17.6 Å².